The van der Waals surface area contributed by atoms with Crippen LogP contribution in [0.3, 0.4) is 0 Å². The summed E-state index contributed by atoms with van der Waals surface area (Å²) in [6.45, 7) is 1.19. The van der Waals surface area contributed by atoms with Gasteiger partial charge in [-0.05, 0) is 42.3 Å². The molecule has 0 fully saturated rings. The summed E-state index contributed by atoms with van der Waals surface area (Å²) < 4.78 is 51.1. The number of nitro benzene ring substituents is 1. The lowest BCUT2D eigenvalue weighted by atomic mass is 10.0. The third kappa shape index (κ3) is 6.26. The number of rotatable bonds is 10. The molecule has 0 aliphatic carbocycles. The van der Waals surface area contributed by atoms with Crippen molar-refractivity contribution in [1.29, 1.82) is 0 Å². The van der Waals surface area contributed by atoms with Gasteiger partial charge in [0.25, 0.3) is 15.7 Å². The molecule has 1 atom stereocenters. The molecule has 10 nitrogen and oxygen atoms in total. The van der Waals surface area contributed by atoms with Crippen molar-refractivity contribution in [2.24, 2.45) is 0 Å². The third-order valence-corrected chi connectivity index (χ3v) is 8.32. The highest BCUT2D eigenvalue weighted by molar-refractivity contribution is 7.93. The van der Waals surface area contributed by atoms with Gasteiger partial charge in [-0.25, -0.2) is 16.8 Å². The van der Waals surface area contributed by atoms with E-state index >= 15 is 0 Å². The van der Waals surface area contributed by atoms with E-state index in [0.29, 0.717) is 12.0 Å². The normalized spacial score (nSPS) is 12.5. The van der Waals surface area contributed by atoms with E-state index in [-0.39, 0.29) is 21.2 Å². The molecule has 0 spiro atoms. The fourth-order valence-corrected chi connectivity index (χ4v) is 5.60. The Morgan fingerprint density at radius 3 is 2.14 bits per heavy atom. The van der Waals surface area contributed by atoms with Crippen molar-refractivity contribution in [1.82, 2.24) is 5.32 Å². The summed E-state index contributed by atoms with van der Waals surface area (Å²) in [7, 11) is -7.62. The van der Waals surface area contributed by atoms with E-state index in [4.69, 9.17) is 0 Å². The second-order valence-electron chi connectivity index (χ2n) is 7.97. The maximum absolute atomic E-state index is 13.4. The van der Waals surface area contributed by atoms with E-state index in [1.54, 1.807) is 18.2 Å². The Morgan fingerprint density at radius 2 is 1.58 bits per heavy atom. The number of hydrogen-bond donors (Lipinski definition) is 1. The van der Waals surface area contributed by atoms with Crippen LogP contribution in [0.2, 0.25) is 0 Å². The fraction of sp³-hybridized carbons (Fsp3) is 0.208. The molecule has 3 aromatic rings. The van der Waals surface area contributed by atoms with Crippen LogP contribution >= 0.6 is 0 Å². The quantitative estimate of drug-likeness (QED) is 0.312. The molecule has 1 N–H and O–H groups in total. The molecule has 3 rings (SSSR count). The van der Waals surface area contributed by atoms with E-state index in [9.17, 15) is 31.7 Å². The zero-order valence-corrected chi connectivity index (χ0v) is 21.2. The van der Waals surface area contributed by atoms with Gasteiger partial charge < -0.3 is 5.32 Å². The number of carbonyl (C=O) groups excluding carboxylic acids is 1. The van der Waals surface area contributed by atoms with Crippen LogP contribution in [0.1, 0.15) is 24.9 Å². The Hall–Kier alpha value is -3.77. The van der Waals surface area contributed by atoms with Crippen molar-refractivity contribution in [2.75, 3.05) is 17.1 Å². The Morgan fingerprint density at radius 1 is 0.944 bits per heavy atom. The van der Waals surface area contributed by atoms with Gasteiger partial charge in [0.1, 0.15) is 6.54 Å². The number of nitrogens with zero attached hydrogens (tertiary/aromatic N) is 2. The minimum atomic E-state index is -4.24. The molecule has 0 bridgehead atoms. The van der Waals surface area contributed by atoms with E-state index in [2.05, 4.69) is 5.32 Å². The van der Waals surface area contributed by atoms with Gasteiger partial charge in [-0.3, -0.25) is 19.2 Å². The maximum Gasteiger partial charge on any atom is 0.271 e. The van der Waals surface area contributed by atoms with Crippen molar-refractivity contribution in [3.05, 3.63) is 94.5 Å². The Labute approximate surface area is 209 Å². The first-order chi connectivity index (χ1) is 16.9. The molecule has 3 aromatic carbocycles. The standard InChI is InChI=1S/C24H25N3O7S2/c1-3-23(18-12-14-21(15-13-18)35(2,31)32)25-24(28)17-26(19-8-7-9-20(16-19)27(29)30)36(33,34)22-10-5-4-6-11-22/h4-16,23H,3,17H2,1-2H3,(H,25,28). The van der Waals surface area contributed by atoms with Crippen LogP contribution in [0.4, 0.5) is 11.4 Å². The second-order valence-corrected chi connectivity index (χ2v) is 11.8. The lowest BCUT2D eigenvalue weighted by Gasteiger charge is -2.25. The van der Waals surface area contributed by atoms with Crippen molar-refractivity contribution in [2.45, 2.75) is 29.2 Å². The monoisotopic (exact) mass is 531 g/mol. The number of amides is 1. The molecule has 0 aromatic heterocycles. The Balaban J connectivity index is 1.92. The van der Waals surface area contributed by atoms with Gasteiger partial charge in [0.2, 0.25) is 5.91 Å². The van der Waals surface area contributed by atoms with Crippen molar-refractivity contribution in [3.8, 4) is 0 Å². The molecule has 0 aliphatic heterocycles. The number of non-ortho nitro benzene ring substituents is 1. The Bertz CT molecular complexity index is 1460. The molecule has 36 heavy (non-hydrogen) atoms. The average Bonchev–Trinajstić information content (AvgIpc) is 2.86. The first kappa shape index (κ1) is 26.8. The second kappa shape index (κ2) is 10.9. The van der Waals surface area contributed by atoms with Crippen LogP contribution in [-0.2, 0) is 24.7 Å². The topological polar surface area (TPSA) is 144 Å². The van der Waals surface area contributed by atoms with E-state index < -0.39 is 43.3 Å². The lowest BCUT2D eigenvalue weighted by molar-refractivity contribution is -0.384. The van der Waals surface area contributed by atoms with Gasteiger partial charge >= 0.3 is 0 Å². The zero-order chi connectivity index (χ0) is 26.5. The number of anilines is 1. The van der Waals surface area contributed by atoms with Gasteiger partial charge in [0.15, 0.2) is 9.84 Å². The van der Waals surface area contributed by atoms with Crippen molar-refractivity contribution in [3.63, 3.8) is 0 Å². The number of sulfonamides is 1. The number of carbonyl (C=O) groups is 1. The summed E-state index contributed by atoms with van der Waals surface area (Å²) >= 11 is 0. The average molecular weight is 532 g/mol. The van der Waals surface area contributed by atoms with Crippen LogP contribution in [0.15, 0.2) is 88.7 Å². The molecule has 190 valence electrons. The lowest BCUT2D eigenvalue weighted by Crippen LogP contribution is -2.42. The molecule has 0 aliphatic rings. The summed E-state index contributed by atoms with van der Waals surface area (Å²) in [5.74, 6) is -0.639. The molecule has 1 unspecified atom stereocenters. The van der Waals surface area contributed by atoms with E-state index in [1.807, 2.05) is 6.92 Å². The highest BCUT2D eigenvalue weighted by Gasteiger charge is 2.29. The largest absolute Gasteiger partial charge is 0.348 e. The minimum absolute atomic E-state index is 0.0336. The Kier molecular flexibility index (Phi) is 8.10. The van der Waals surface area contributed by atoms with Gasteiger partial charge in [-0.1, -0.05) is 43.3 Å². The molecular weight excluding hydrogens is 506 g/mol. The van der Waals surface area contributed by atoms with E-state index in [1.165, 1.54) is 54.6 Å². The fourth-order valence-electron chi connectivity index (χ4n) is 3.54. The van der Waals surface area contributed by atoms with Crippen LogP contribution in [0.25, 0.3) is 0 Å². The van der Waals surface area contributed by atoms with Gasteiger partial charge in [0, 0.05) is 18.4 Å². The predicted molar refractivity (Wildman–Crippen MR) is 135 cm³/mol. The molecule has 0 saturated carbocycles. The molecule has 1 amide bonds. The summed E-state index contributed by atoms with van der Waals surface area (Å²) in [6, 6.07) is 18.0. The van der Waals surface area contributed by atoms with Gasteiger partial charge in [0.05, 0.1) is 26.4 Å². The summed E-state index contributed by atoms with van der Waals surface area (Å²) in [6.07, 6.45) is 1.54. The van der Waals surface area contributed by atoms with Gasteiger partial charge in [-0.15, -0.1) is 0 Å². The maximum atomic E-state index is 13.4. The molecular formula is C24H25N3O7S2. The highest BCUT2D eigenvalue weighted by Crippen LogP contribution is 2.27. The smallest absolute Gasteiger partial charge is 0.271 e. The van der Waals surface area contributed by atoms with Crippen LogP contribution in [0.5, 0.6) is 0 Å². The zero-order valence-electron chi connectivity index (χ0n) is 19.6. The molecule has 0 saturated heterocycles. The van der Waals surface area contributed by atoms with Gasteiger partial charge in [-0.2, -0.15) is 0 Å². The molecule has 0 heterocycles. The predicted octanol–water partition coefficient (Wildman–Crippen LogP) is 3.46. The van der Waals surface area contributed by atoms with Crippen molar-refractivity contribution >= 4 is 37.1 Å². The number of hydrogen-bond acceptors (Lipinski definition) is 7. The first-order valence-corrected chi connectivity index (χ1v) is 14.2. The number of sulfone groups is 1. The first-order valence-electron chi connectivity index (χ1n) is 10.8. The molecule has 0 radical (unpaired) electrons. The van der Waals surface area contributed by atoms with E-state index in [0.717, 1.165) is 16.6 Å². The SMILES string of the molecule is CCC(NC(=O)CN(c1cccc([N+](=O)[O-])c1)S(=O)(=O)c1ccccc1)c1ccc(S(C)(=O)=O)cc1. The number of nitro groups is 1. The third-order valence-electron chi connectivity index (χ3n) is 5.40. The molecule has 12 heteroatoms. The number of benzene rings is 3. The van der Waals surface area contributed by atoms with Crippen molar-refractivity contribution < 1.29 is 26.6 Å². The minimum Gasteiger partial charge on any atom is -0.348 e. The summed E-state index contributed by atoms with van der Waals surface area (Å²) in [5, 5.41) is 14.0. The van der Waals surface area contributed by atoms with Crippen LogP contribution in [0, 0.1) is 10.1 Å². The van der Waals surface area contributed by atoms with Crippen LogP contribution in [-0.4, -0.2) is 40.5 Å². The van der Waals surface area contributed by atoms with Crippen LogP contribution < -0.4 is 9.62 Å². The summed E-state index contributed by atoms with van der Waals surface area (Å²) in [5.41, 5.74) is 0.290. The highest BCUT2D eigenvalue weighted by atomic mass is 32.2. The number of nitrogens with one attached hydrogen (secondary N) is 1. The summed E-state index contributed by atoms with van der Waals surface area (Å²) in [4.78, 5) is 23.7.